The number of aliphatic hydroxyl groups excluding tert-OH is 1. The third-order valence-corrected chi connectivity index (χ3v) is 3.50. The zero-order valence-corrected chi connectivity index (χ0v) is 11.0. The first kappa shape index (κ1) is 13.1. The first-order valence-electron chi connectivity index (χ1n) is 6.84. The quantitative estimate of drug-likeness (QED) is 0.800. The van der Waals surface area contributed by atoms with Gasteiger partial charge in [-0.25, -0.2) is 0 Å². The Morgan fingerprint density at radius 2 is 2.33 bits per heavy atom. The van der Waals surface area contributed by atoms with E-state index in [0.717, 1.165) is 31.2 Å². The summed E-state index contributed by atoms with van der Waals surface area (Å²) in [4.78, 5) is 11.4. The molecule has 1 heterocycles. The van der Waals surface area contributed by atoms with Crippen LogP contribution in [0.15, 0.2) is 12.4 Å². The smallest absolute Gasteiger partial charge is 0.221 e. The number of hydrogen-bond acceptors (Lipinski definition) is 2. The Bertz CT molecular complexity index is 412. The summed E-state index contributed by atoms with van der Waals surface area (Å²) in [6, 6.07) is 0. The van der Waals surface area contributed by atoms with Crippen LogP contribution in [-0.2, 0) is 17.8 Å². The second kappa shape index (κ2) is 6.05. The Kier molecular flexibility index (Phi) is 4.42. The standard InChI is InChI=1S/C14H22N2O2/c1-2-15-14(18)7-8-16-9-11-5-3-4-6-13(17)12(11)10-16/h9-10,13,17H,2-8H2,1H3,(H,15,18). The summed E-state index contributed by atoms with van der Waals surface area (Å²) < 4.78 is 2.04. The van der Waals surface area contributed by atoms with Gasteiger partial charge in [0.05, 0.1) is 6.10 Å². The van der Waals surface area contributed by atoms with Crippen molar-refractivity contribution < 1.29 is 9.90 Å². The lowest BCUT2D eigenvalue weighted by molar-refractivity contribution is -0.121. The fourth-order valence-corrected chi connectivity index (χ4v) is 2.54. The molecule has 1 aromatic rings. The Morgan fingerprint density at radius 1 is 1.50 bits per heavy atom. The van der Waals surface area contributed by atoms with E-state index in [4.69, 9.17) is 0 Å². The molecule has 18 heavy (non-hydrogen) atoms. The first-order chi connectivity index (χ1) is 8.70. The summed E-state index contributed by atoms with van der Waals surface area (Å²) in [6.07, 6.45) is 8.39. The highest BCUT2D eigenvalue weighted by Gasteiger charge is 2.18. The number of aliphatic hydroxyl groups is 1. The highest BCUT2D eigenvalue weighted by atomic mass is 16.3. The number of fused-ring (bicyclic) bond motifs is 1. The van der Waals surface area contributed by atoms with Crippen LogP contribution in [0.5, 0.6) is 0 Å². The maximum absolute atomic E-state index is 11.4. The molecule has 2 N–H and O–H groups in total. The van der Waals surface area contributed by atoms with Gasteiger partial charge >= 0.3 is 0 Å². The molecule has 0 aromatic carbocycles. The van der Waals surface area contributed by atoms with Crippen molar-refractivity contribution in [3.8, 4) is 0 Å². The Labute approximate surface area is 108 Å². The van der Waals surface area contributed by atoms with E-state index in [1.54, 1.807) is 0 Å². The van der Waals surface area contributed by atoms with Gasteiger partial charge in [-0.3, -0.25) is 4.79 Å². The predicted octanol–water partition coefficient (Wildman–Crippen LogP) is 1.77. The number of rotatable bonds is 4. The minimum Gasteiger partial charge on any atom is -0.388 e. The van der Waals surface area contributed by atoms with Crippen LogP contribution >= 0.6 is 0 Å². The van der Waals surface area contributed by atoms with Gasteiger partial charge in [0, 0.05) is 37.5 Å². The van der Waals surface area contributed by atoms with Crippen molar-refractivity contribution in [2.45, 2.75) is 51.7 Å². The first-order valence-corrected chi connectivity index (χ1v) is 6.84. The van der Waals surface area contributed by atoms with Gasteiger partial charge in [-0.15, -0.1) is 0 Å². The summed E-state index contributed by atoms with van der Waals surface area (Å²) >= 11 is 0. The maximum atomic E-state index is 11.4. The SMILES string of the molecule is CCNC(=O)CCn1cc2c(c1)C(O)CCCC2. The fraction of sp³-hybridized carbons (Fsp3) is 0.643. The highest BCUT2D eigenvalue weighted by Crippen LogP contribution is 2.29. The molecule has 1 atom stereocenters. The zero-order chi connectivity index (χ0) is 13.0. The van der Waals surface area contributed by atoms with E-state index in [1.807, 2.05) is 17.7 Å². The highest BCUT2D eigenvalue weighted by molar-refractivity contribution is 5.75. The van der Waals surface area contributed by atoms with Crippen LogP contribution in [-0.4, -0.2) is 22.1 Å². The molecule has 4 nitrogen and oxygen atoms in total. The fourth-order valence-electron chi connectivity index (χ4n) is 2.54. The van der Waals surface area contributed by atoms with E-state index < -0.39 is 0 Å². The molecule has 0 saturated carbocycles. The molecule has 1 aliphatic carbocycles. The van der Waals surface area contributed by atoms with Crippen LogP contribution in [0.25, 0.3) is 0 Å². The van der Waals surface area contributed by atoms with Gasteiger partial charge in [0.1, 0.15) is 0 Å². The lowest BCUT2D eigenvalue weighted by atomic mass is 10.1. The van der Waals surface area contributed by atoms with Gasteiger partial charge in [0.2, 0.25) is 5.91 Å². The largest absolute Gasteiger partial charge is 0.388 e. The Balaban J connectivity index is 1.99. The molecule has 0 fully saturated rings. The molecule has 0 radical (unpaired) electrons. The van der Waals surface area contributed by atoms with Crippen molar-refractivity contribution in [2.24, 2.45) is 0 Å². The minimum absolute atomic E-state index is 0.0851. The molecular formula is C14H22N2O2. The average Bonchev–Trinajstić information content (AvgIpc) is 2.68. The second-order valence-corrected chi connectivity index (χ2v) is 4.94. The number of amides is 1. The lowest BCUT2D eigenvalue weighted by Crippen LogP contribution is -2.23. The van der Waals surface area contributed by atoms with Crippen molar-refractivity contribution >= 4 is 5.91 Å². The normalized spacial score (nSPS) is 19.1. The monoisotopic (exact) mass is 250 g/mol. The summed E-state index contributed by atoms with van der Waals surface area (Å²) in [5.74, 6) is 0.0851. The van der Waals surface area contributed by atoms with Crippen LogP contribution in [0.1, 0.15) is 49.8 Å². The zero-order valence-electron chi connectivity index (χ0n) is 11.0. The molecule has 4 heteroatoms. The topological polar surface area (TPSA) is 54.3 Å². The minimum atomic E-state index is -0.326. The molecule has 1 aliphatic rings. The van der Waals surface area contributed by atoms with E-state index in [2.05, 4.69) is 11.5 Å². The van der Waals surface area contributed by atoms with Gasteiger partial charge in [0.15, 0.2) is 0 Å². The van der Waals surface area contributed by atoms with E-state index in [1.165, 1.54) is 5.56 Å². The number of nitrogens with one attached hydrogen (secondary N) is 1. The van der Waals surface area contributed by atoms with E-state index in [9.17, 15) is 9.90 Å². The summed E-state index contributed by atoms with van der Waals surface area (Å²) in [5.41, 5.74) is 2.30. The van der Waals surface area contributed by atoms with Gasteiger partial charge in [-0.05, 0) is 31.7 Å². The molecule has 2 rings (SSSR count). The molecule has 1 aromatic heterocycles. The Hall–Kier alpha value is -1.29. The number of carbonyl (C=O) groups is 1. The number of hydrogen-bond donors (Lipinski definition) is 2. The third-order valence-electron chi connectivity index (χ3n) is 3.50. The van der Waals surface area contributed by atoms with Crippen LogP contribution in [0.3, 0.4) is 0 Å². The summed E-state index contributed by atoms with van der Waals surface area (Å²) in [5, 5.41) is 12.8. The second-order valence-electron chi connectivity index (χ2n) is 4.94. The van der Waals surface area contributed by atoms with Crippen molar-refractivity contribution in [3.63, 3.8) is 0 Å². The van der Waals surface area contributed by atoms with Crippen molar-refractivity contribution in [1.29, 1.82) is 0 Å². The number of aryl methyl sites for hydroxylation is 2. The lowest BCUT2D eigenvalue weighted by Gasteiger charge is -2.06. The van der Waals surface area contributed by atoms with Crippen molar-refractivity contribution in [1.82, 2.24) is 9.88 Å². The van der Waals surface area contributed by atoms with E-state index in [0.29, 0.717) is 19.5 Å². The molecular weight excluding hydrogens is 228 g/mol. The molecule has 0 saturated heterocycles. The Morgan fingerprint density at radius 3 is 3.11 bits per heavy atom. The average molecular weight is 250 g/mol. The van der Waals surface area contributed by atoms with Gasteiger partial charge in [-0.2, -0.15) is 0 Å². The molecule has 0 bridgehead atoms. The van der Waals surface area contributed by atoms with Crippen LogP contribution < -0.4 is 5.32 Å². The molecule has 1 unspecified atom stereocenters. The van der Waals surface area contributed by atoms with Crippen LogP contribution in [0.4, 0.5) is 0 Å². The molecule has 1 amide bonds. The van der Waals surface area contributed by atoms with Crippen molar-refractivity contribution in [2.75, 3.05) is 6.54 Å². The number of aromatic nitrogens is 1. The number of nitrogens with zero attached hydrogens (tertiary/aromatic N) is 1. The van der Waals surface area contributed by atoms with E-state index >= 15 is 0 Å². The van der Waals surface area contributed by atoms with Crippen LogP contribution in [0, 0.1) is 0 Å². The van der Waals surface area contributed by atoms with Crippen molar-refractivity contribution in [3.05, 3.63) is 23.5 Å². The summed E-state index contributed by atoms with van der Waals surface area (Å²) in [7, 11) is 0. The molecule has 100 valence electrons. The van der Waals surface area contributed by atoms with Gasteiger partial charge in [0.25, 0.3) is 0 Å². The third kappa shape index (κ3) is 3.13. The van der Waals surface area contributed by atoms with Gasteiger partial charge < -0.3 is 15.0 Å². The molecule has 0 aliphatic heterocycles. The summed E-state index contributed by atoms with van der Waals surface area (Å²) in [6.45, 7) is 3.29. The van der Waals surface area contributed by atoms with Crippen LogP contribution in [0.2, 0.25) is 0 Å². The molecule has 0 spiro atoms. The van der Waals surface area contributed by atoms with Gasteiger partial charge in [-0.1, -0.05) is 6.42 Å². The maximum Gasteiger partial charge on any atom is 0.221 e. The van der Waals surface area contributed by atoms with E-state index in [-0.39, 0.29) is 12.0 Å². The number of carbonyl (C=O) groups excluding carboxylic acids is 1. The predicted molar refractivity (Wildman–Crippen MR) is 70.2 cm³/mol.